The topological polar surface area (TPSA) is 0 Å². The van der Waals surface area contributed by atoms with Gasteiger partial charge in [0.15, 0.2) is 0 Å². The Morgan fingerprint density at radius 1 is 0.933 bits per heavy atom. The summed E-state index contributed by atoms with van der Waals surface area (Å²) in [5.41, 5.74) is 2.91. The molecule has 0 radical (unpaired) electrons. The third kappa shape index (κ3) is 2.33. The number of hydrogen-bond acceptors (Lipinski definition) is 0. The second-order valence-corrected chi connectivity index (χ2v) is 9.88. The predicted molar refractivity (Wildman–Crippen MR) is 72.7 cm³/mol. The van der Waals surface area contributed by atoms with Crippen LogP contribution in [0.2, 0.25) is 18.1 Å². The van der Waals surface area contributed by atoms with Crippen molar-refractivity contribution in [2.45, 2.75) is 52.8 Å². The van der Waals surface area contributed by atoms with Crippen molar-refractivity contribution in [2.75, 3.05) is 0 Å². The molecule has 84 valence electrons. The minimum absolute atomic E-state index is 1.16. The van der Waals surface area contributed by atoms with Crippen molar-refractivity contribution in [2.24, 2.45) is 0 Å². The molecule has 0 saturated heterocycles. The number of rotatable bonds is 4. The van der Waals surface area contributed by atoms with E-state index < -0.39 is 8.07 Å². The Kier molecular flexibility index (Phi) is 4.15. The zero-order chi connectivity index (χ0) is 11.5. The maximum atomic E-state index is 2.40. The average Bonchev–Trinajstić information content (AvgIpc) is 2.23. The molecule has 1 heteroatoms. The molecule has 0 spiro atoms. The summed E-state index contributed by atoms with van der Waals surface area (Å²) in [5.74, 6) is 0. The summed E-state index contributed by atoms with van der Waals surface area (Å²) in [6.07, 6.45) is 0. The molecule has 0 aliphatic heterocycles. The Labute approximate surface area is 95.7 Å². The molecule has 0 bridgehead atoms. The standard InChI is InChI=1S/C14H24Si/c1-6-15(7-2,8-3)14-10-9-12(4)11-13(14)5/h9-11H,6-8H2,1-5H3. The van der Waals surface area contributed by atoms with E-state index in [1.54, 1.807) is 5.19 Å². The molecule has 15 heavy (non-hydrogen) atoms. The third-order valence-corrected chi connectivity index (χ3v) is 9.75. The molecule has 0 unspecified atom stereocenters. The van der Waals surface area contributed by atoms with Crippen LogP contribution in [0.25, 0.3) is 0 Å². The highest BCUT2D eigenvalue weighted by molar-refractivity contribution is 6.92. The van der Waals surface area contributed by atoms with Crippen LogP contribution in [0.1, 0.15) is 31.9 Å². The van der Waals surface area contributed by atoms with Crippen LogP contribution in [-0.4, -0.2) is 8.07 Å². The molecular formula is C14H24Si. The first-order valence-corrected chi connectivity index (χ1v) is 8.79. The minimum Gasteiger partial charge on any atom is -0.0675 e. The van der Waals surface area contributed by atoms with Gasteiger partial charge in [-0.05, 0) is 13.8 Å². The van der Waals surface area contributed by atoms with Gasteiger partial charge >= 0.3 is 0 Å². The summed E-state index contributed by atoms with van der Waals surface area (Å²) in [7, 11) is -1.16. The summed E-state index contributed by atoms with van der Waals surface area (Å²) in [6, 6.07) is 11.2. The second-order valence-electron chi connectivity index (χ2n) is 4.66. The van der Waals surface area contributed by atoms with Gasteiger partial charge in [0.2, 0.25) is 0 Å². The van der Waals surface area contributed by atoms with Crippen LogP contribution in [0, 0.1) is 13.8 Å². The molecule has 0 nitrogen and oxygen atoms in total. The maximum absolute atomic E-state index is 2.40. The number of benzene rings is 1. The van der Waals surface area contributed by atoms with Gasteiger partial charge in [-0.2, -0.15) is 0 Å². The van der Waals surface area contributed by atoms with Gasteiger partial charge in [-0.1, -0.05) is 73.4 Å². The summed E-state index contributed by atoms with van der Waals surface area (Å²) >= 11 is 0. The highest BCUT2D eigenvalue weighted by atomic mass is 28.3. The first-order valence-electron chi connectivity index (χ1n) is 6.17. The predicted octanol–water partition coefficient (Wildman–Crippen LogP) is 4.02. The van der Waals surface area contributed by atoms with Crippen molar-refractivity contribution in [1.29, 1.82) is 0 Å². The van der Waals surface area contributed by atoms with Crippen LogP contribution in [0.5, 0.6) is 0 Å². The summed E-state index contributed by atoms with van der Waals surface area (Å²) in [4.78, 5) is 0. The largest absolute Gasteiger partial charge is 0.0862 e. The fourth-order valence-corrected chi connectivity index (χ4v) is 6.72. The van der Waals surface area contributed by atoms with E-state index in [-0.39, 0.29) is 0 Å². The zero-order valence-corrected chi connectivity index (χ0v) is 11.9. The van der Waals surface area contributed by atoms with E-state index in [2.05, 4.69) is 52.8 Å². The van der Waals surface area contributed by atoms with Gasteiger partial charge in [-0.25, -0.2) is 0 Å². The van der Waals surface area contributed by atoms with Gasteiger partial charge in [0.25, 0.3) is 0 Å². The molecule has 0 atom stereocenters. The first-order chi connectivity index (χ1) is 7.09. The van der Waals surface area contributed by atoms with Gasteiger partial charge in [0, 0.05) is 0 Å². The lowest BCUT2D eigenvalue weighted by Gasteiger charge is -2.30. The van der Waals surface area contributed by atoms with E-state index in [9.17, 15) is 0 Å². The third-order valence-electron chi connectivity index (χ3n) is 3.98. The van der Waals surface area contributed by atoms with E-state index in [1.807, 2.05) is 0 Å². The van der Waals surface area contributed by atoms with Crippen LogP contribution in [0.3, 0.4) is 0 Å². The molecule has 1 aromatic carbocycles. The Hall–Kier alpha value is -0.563. The van der Waals surface area contributed by atoms with Crippen molar-refractivity contribution in [3.05, 3.63) is 29.3 Å². The highest BCUT2D eigenvalue weighted by Gasteiger charge is 2.30. The van der Waals surface area contributed by atoms with E-state index in [0.717, 1.165) is 0 Å². The van der Waals surface area contributed by atoms with Gasteiger partial charge in [0.1, 0.15) is 0 Å². The number of aryl methyl sites for hydroxylation is 2. The van der Waals surface area contributed by atoms with Crippen molar-refractivity contribution >= 4 is 13.3 Å². The van der Waals surface area contributed by atoms with Crippen LogP contribution >= 0.6 is 0 Å². The lowest BCUT2D eigenvalue weighted by molar-refractivity contribution is 1.19. The highest BCUT2D eigenvalue weighted by Crippen LogP contribution is 2.21. The Balaban J connectivity index is 3.22. The van der Waals surface area contributed by atoms with Gasteiger partial charge in [-0.3, -0.25) is 0 Å². The van der Waals surface area contributed by atoms with Crippen molar-refractivity contribution in [3.8, 4) is 0 Å². The second kappa shape index (κ2) is 4.98. The molecule has 0 saturated carbocycles. The molecular weight excluding hydrogens is 196 g/mol. The van der Waals surface area contributed by atoms with Crippen LogP contribution in [0.15, 0.2) is 18.2 Å². The lowest BCUT2D eigenvalue weighted by atomic mass is 10.2. The number of hydrogen-bond donors (Lipinski definition) is 0. The molecule has 0 N–H and O–H groups in total. The quantitative estimate of drug-likeness (QED) is 0.672. The normalized spacial score (nSPS) is 11.8. The fraction of sp³-hybridized carbons (Fsp3) is 0.571. The van der Waals surface area contributed by atoms with Crippen molar-refractivity contribution < 1.29 is 0 Å². The molecule has 0 aromatic heterocycles. The van der Waals surface area contributed by atoms with Crippen molar-refractivity contribution in [3.63, 3.8) is 0 Å². The van der Waals surface area contributed by atoms with E-state index in [0.29, 0.717) is 0 Å². The van der Waals surface area contributed by atoms with E-state index in [4.69, 9.17) is 0 Å². The smallest absolute Gasteiger partial charge is 0.0675 e. The monoisotopic (exact) mass is 220 g/mol. The fourth-order valence-electron chi connectivity index (χ4n) is 2.73. The summed E-state index contributed by atoms with van der Waals surface area (Å²) in [5, 5.41) is 1.70. The van der Waals surface area contributed by atoms with Gasteiger partial charge in [0.05, 0.1) is 8.07 Å². The molecule has 0 fully saturated rings. The minimum atomic E-state index is -1.16. The van der Waals surface area contributed by atoms with Crippen LogP contribution in [-0.2, 0) is 0 Å². The Bertz CT molecular complexity index is 316. The van der Waals surface area contributed by atoms with Gasteiger partial charge in [-0.15, -0.1) is 0 Å². The molecule has 0 aliphatic rings. The maximum Gasteiger partial charge on any atom is 0.0862 e. The van der Waals surface area contributed by atoms with Crippen LogP contribution < -0.4 is 5.19 Å². The molecule has 0 amide bonds. The first kappa shape index (κ1) is 12.5. The molecule has 1 aromatic rings. The SMILES string of the molecule is CC[Si](CC)(CC)c1ccc(C)cc1C. The zero-order valence-electron chi connectivity index (χ0n) is 10.9. The van der Waals surface area contributed by atoms with Gasteiger partial charge < -0.3 is 0 Å². The lowest BCUT2D eigenvalue weighted by Crippen LogP contribution is -2.47. The van der Waals surface area contributed by atoms with Crippen molar-refractivity contribution in [1.82, 2.24) is 0 Å². The Morgan fingerprint density at radius 3 is 1.87 bits per heavy atom. The molecule has 0 heterocycles. The van der Waals surface area contributed by atoms with E-state index in [1.165, 1.54) is 29.3 Å². The van der Waals surface area contributed by atoms with Crippen LogP contribution in [0.4, 0.5) is 0 Å². The summed E-state index contributed by atoms with van der Waals surface area (Å²) in [6.45, 7) is 11.6. The summed E-state index contributed by atoms with van der Waals surface area (Å²) < 4.78 is 0. The Morgan fingerprint density at radius 2 is 1.47 bits per heavy atom. The van der Waals surface area contributed by atoms with E-state index >= 15 is 0 Å². The molecule has 1 rings (SSSR count). The molecule has 0 aliphatic carbocycles. The average molecular weight is 220 g/mol.